The van der Waals surface area contributed by atoms with Gasteiger partial charge in [-0.05, 0) is 29.7 Å². The van der Waals surface area contributed by atoms with Crippen LogP contribution in [-0.2, 0) is 6.42 Å². The summed E-state index contributed by atoms with van der Waals surface area (Å²) in [6.45, 7) is 0. The normalized spacial score (nSPS) is 10.7. The van der Waals surface area contributed by atoms with Crippen LogP contribution in [0.2, 0.25) is 5.02 Å². The van der Waals surface area contributed by atoms with Crippen LogP contribution in [-0.4, -0.2) is 15.5 Å². The molecule has 0 aliphatic heterocycles. The summed E-state index contributed by atoms with van der Waals surface area (Å²) < 4.78 is 1.89. The fourth-order valence-corrected chi connectivity index (χ4v) is 3.80. The predicted molar refractivity (Wildman–Crippen MR) is 97.5 cm³/mol. The molecule has 0 N–H and O–H groups in total. The van der Waals surface area contributed by atoms with Crippen LogP contribution in [0.1, 0.15) is 21.6 Å². The van der Waals surface area contributed by atoms with E-state index in [2.05, 4.69) is 17.1 Å². The van der Waals surface area contributed by atoms with Crippen molar-refractivity contribution in [2.24, 2.45) is 0 Å². The molecule has 0 aliphatic rings. The molecule has 7 heteroatoms. The number of nitrogens with zero attached hydrogens (tertiary/aromatic N) is 2. The largest absolute Gasteiger partial charge is 1.00 e. The van der Waals surface area contributed by atoms with E-state index in [4.69, 9.17) is 11.6 Å². The molecular weight excluding hydrogens is 379 g/mol. The van der Waals surface area contributed by atoms with Gasteiger partial charge in [-0.25, -0.2) is 4.98 Å². The number of rotatable bonds is 4. The van der Waals surface area contributed by atoms with Gasteiger partial charge in [0, 0.05) is 22.0 Å². The quantitative estimate of drug-likeness (QED) is 0.482. The van der Waals surface area contributed by atoms with Gasteiger partial charge < -0.3 is 9.90 Å². The Bertz CT molecular complexity index is 1080. The topological polar surface area (TPSA) is 57.9 Å². The minimum atomic E-state index is -1.28. The van der Waals surface area contributed by atoms with E-state index in [0.29, 0.717) is 10.2 Å². The van der Waals surface area contributed by atoms with Crippen molar-refractivity contribution in [1.29, 1.82) is 0 Å². The van der Waals surface area contributed by atoms with Crippen LogP contribution >= 0.6 is 22.9 Å². The molecular formula is C19H12ClN2NaO2S. The molecule has 4 rings (SSSR count). The molecule has 0 unspecified atom stereocenters. The zero-order valence-corrected chi connectivity index (χ0v) is 17.6. The van der Waals surface area contributed by atoms with Gasteiger partial charge in [-0.2, -0.15) is 0 Å². The summed E-state index contributed by atoms with van der Waals surface area (Å²) in [6, 6.07) is 15.9. The molecule has 0 saturated carbocycles. The number of carboxylic acids is 1. The molecule has 124 valence electrons. The van der Waals surface area contributed by atoms with Gasteiger partial charge >= 0.3 is 29.6 Å². The van der Waals surface area contributed by atoms with Crippen molar-refractivity contribution in [2.75, 3.05) is 0 Å². The number of halogens is 1. The Morgan fingerprint density at radius 2 is 1.96 bits per heavy atom. The second kappa shape index (κ2) is 7.94. The number of aromatic carboxylic acids is 1. The number of carbonyl (C=O) groups excluding carboxylic acids is 1. The predicted octanol–water partition coefficient (Wildman–Crippen LogP) is 0.699. The van der Waals surface area contributed by atoms with Crippen LogP contribution in [0.15, 0.2) is 60.1 Å². The van der Waals surface area contributed by atoms with Crippen LogP contribution in [0.5, 0.6) is 0 Å². The molecule has 0 fully saturated rings. The minimum absolute atomic E-state index is 0. The number of fused-ring (bicyclic) bond motifs is 1. The van der Waals surface area contributed by atoms with Gasteiger partial charge in [0.15, 0.2) is 5.13 Å². The van der Waals surface area contributed by atoms with E-state index in [1.165, 1.54) is 22.3 Å². The third kappa shape index (κ3) is 3.72. The molecule has 0 bridgehead atoms. The monoisotopic (exact) mass is 390 g/mol. The molecule has 2 aromatic heterocycles. The summed E-state index contributed by atoms with van der Waals surface area (Å²) in [5.74, 6) is -1.28. The molecule has 4 nitrogen and oxygen atoms in total. The van der Waals surface area contributed by atoms with Crippen LogP contribution in [0.3, 0.4) is 0 Å². The summed E-state index contributed by atoms with van der Waals surface area (Å²) in [5.41, 5.74) is 3.17. The summed E-state index contributed by atoms with van der Waals surface area (Å²) in [5, 5.41) is 14.8. The summed E-state index contributed by atoms with van der Waals surface area (Å²) >= 11 is 7.43. The number of aromatic nitrogens is 2. The maximum atomic E-state index is 11.0. The maximum Gasteiger partial charge on any atom is 1.00 e. The first-order valence-corrected chi connectivity index (χ1v) is 8.88. The number of thiazole rings is 1. The third-order valence-electron chi connectivity index (χ3n) is 3.99. The Balaban J connectivity index is 0.00000196. The smallest absolute Gasteiger partial charge is 0.543 e. The van der Waals surface area contributed by atoms with Gasteiger partial charge in [0.25, 0.3) is 0 Å². The van der Waals surface area contributed by atoms with Gasteiger partial charge in [0.1, 0.15) is 0 Å². The number of hydrogen-bond acceptors (Lipinski definition) is 4. The first-order chi connectivity index (χ1) is 12.1. The molecule has 0 radical (unpaired) electrons. The van der Waals surface area contributed by atoms with E-state index in [-0.39, 0.29) is 35.3 Å². The molecule has 2 heterocycles. The number of carboxylic acid groups (broad SMARTS) is 1. The molecule has 4 aromatic rings. The van der Waals surface area contributed by atoms with Crippen molar-refractivity contribution in [3.05, 3.63) is 82.0 Å². The van der Waals surface area contributed by atoms with Crippen LogP contribution < -0.4 is 34.7 Å². The van der Waals surface area contributed by atoms with E-state index in [1.807, 2.05) is 47.2 Å². The van der Waals surface area contributed by atoms with Crippen molar-refractivity contribution >= 4 is 39.8 Å². The summed E-state index contributed by atoms with van der Waals surface area (Å²) in [4.78, 5) is 15.2. The minimum Gasteiger partial charge on any atom is -0.543 e. The zero-order chi connectivity index (χ0) is 17.4. The summed E-state index contributed by atoms with van der Waals surface area (Å²) in [6.07, 6.45) is 2.76. The molecule has 0 aliphatic carbocycles. The summed E-state index contributed by atoms with van der Waals surface area (Å²) in [7, 11) is 0. The second-order valence-electron chi connectivity index (χ2n) is 5.65. The van der Waals surface area contributed by atoms with E-state index >= 15 is 0 Å². The molecule has 0 spiro atoms. The third-order valence-corrected chi connectivity index (χ3v) is 5.07. The van der Waals surface area contributed by atoms with Crippen molar-refractivity contribution in [3.63, 3.8) is 0 Å². The fourth-order valence-electron chi connectivity index (χ4n) is 2.85. The Labute approximate surface area is 181 Å². The van der Waals surface area contributed by atoms with Crippen LogP contribution in [0.25, 0.3) is 16.0 Å². The van der Waals surface area contributed by atoms with Gasteiger partial charge in [-0.15, -0.1) is 11.3 Å². The standard InChI is InChI=1S/C19H13ClN2O2S.Na/c20-14-6-7-15-13(8-12-4-2-1-3-5-12)10-22(17(15)9-14)19-21-16(11-25-19)18(23)24;/h1-7,9-11H,8H2,(H,23,24);/q;+1/p-1. The maximum absolute atomic E-state index is 11.0. The SMILES string of the molecule is O=C([O-])c1csc(-n2cc(Cc3ccccc3)c3ccc(Cl)cc32)n1.[Na+]. The second-order valence-corrected chi connectivity index (χ2v) is 6.92. The zero-order valence-electron chi connectivity index (χ0n) is 14.0. The number of carbonyl (C=O) groups is 1. The van der Waals surface area contributed by atoms with Crippen molar-refractivity contribution in [2.45, 2.75) is 6.42 Å². The molecule has 0 saturated heterocycles. The van der Waals surface area contributed by atoms with E-state index < -0.39 is 5.97 Å². The van der Waals surface area contributed by atoms with Crippen LogP contribution in [0.4, 0.5) is 0 Å². The van der Waals surface area contributed by atoms with Gasteiger partial charge in [0.2, 0.25) is 0 Å². The molecule has 0 atom stereocenters. The first-order valence-electron chi connectivity index (χ1n) is 7.62. The average molecular weight is 391 g/mol. The van der Waals surface area contributed by atoms with Crippen molar-refractivity contribution in [3.8, 4) is 5.13 Å². The van der Waals surface area contributed by atoms with Crippen molar-refractivity contribution < 1.29 is 39.5 Å². The average Bonchev–Trinajstić information content (AvgIpc) is 3.21. The molecule has 2 aromatic carbocycles. The Hall–Kier alpha value is -1.63. The molecule has 0 amide bonds. The van der Waals surface area contributed by atoms with Gasteiger partial charge in [0.05, 0.1) is 17.2 Å². The number of benzene rings is 2. The fraction of sp³-hybridized carbons (Fsp3) is 0.0526. The van der Waals surface area contributed by atoms with Gasteiger partial charge in [-0.1, -0.05) is 48.0 Å². The Kier molecular flexibility index (Phi) is 5.85. The van der Waals surface area contributed by atoms with E-state index in [0.717, 1.165) is 22.9 Å². The van der Waals surface area contributed by atoms with Gasteiger partial charge in [-0.3, -0.25) is 4.57 Å². The molecule has 26 heavy (non-hydrogen) atoms. The van der Waals surface area contributed by atoms with E-state index in [1.54, 1.807) is 0 Å². The van der Waals surface area contributed by atoms with E-state index in [9.17, 15) is 9.90 Å². The first kappa shape index (κ1) is 19.1. The number of hydrogen-bond donors (Lipinski definition) is 0. The van der Waals surface area contributed by atoms with Crippen LogP contribution in [0, 0.1) is 0 Å². The Morgan fingerprint density at radius 1 is 1.19 bits per heavy atom. The van der Waals surface area contributed by atoms with Crippen molar-refractivity contribution in [1.82, 2.24) is 9.55 Å². The Morgan fingerprint density at radius 3 is 2.65 bits per heavy atom.